The number of carbonyl (C=O) groups is 1. The lowest BCUT2D eigenvalue weighted by Gasteiger charge is -1.86. The monoisotopic (exact) mass is 169 g/mol. The van der Waals surface area contributed by atoms with Crippen molar-refractivity contribution in [2.75, 3.05) is 0 Å². The van der Waals surface area contributed by atoms with Crippen molar-refractivity contribution in [3.63, 3.8) is 0 Å². The number of aromatic nitrogens is 1. The molecule has 1 aromatic rings. The van der Waals surface area contributed by atoms with Crippen molar-refractivity contribution < 1.29 is 14.3 Å². The molecule has 0 saturated heterocycles. The number of nitrogens with zero attached hydrogens (tertiary/aromatic N) is 1. The first kappa shape index (κ1) is 8.77. The molecule has 0 unspecified atom stereocenters. The van der Waals surface area contributed by atoms with Gasteiger partial charge in [0.2, 0.25) is 0 Å². The maximum Gasteiger partial charge on any atom is 0.309 e. The average molecular weight is 169 g/mol. The lowest BCUT2D eigenvalue weighted by atomic mass is 10.3. The standard InChI is InChI=1S/C8H11NO3/c1-2-3-7-9-6(5-12-7)4-8(10)11/h5H,2-4H2,1H3,(H,10,11). The van der Waals surface area contributed by atoms with Gasteiger partial charge < -0.3 is 9.52 Å². The lowest BCUT2D eigenvalue weighted by molar-refractivity contribution is -0.136. The van der Waals surface area contributed by atoms with Gasteiger partial charge in [0.25, 0.3) is 0 Å². The molecule has 0 radical (unpaired) electrons. The van der Waals surface area contributed by atoms with Crippen LogP contribution in [0.1, 0.15) is 24.9 Å². The molecule has 0 saturated carbocycles. The molecule has 1 aromatic heterocycles. The molecular formula is C8H11NO3. The van der Waals surface area contributed by atoms with Crippen molar-refractivity contribution >= 4 is 5.97 Å². The second-order valence-electron chi connectivity index (χ2n) is 2.55. The van der Waals surface area contributed by atoms with Crippen LogP contribution in [-0.4, -0.2) is 16.1 Å². The molecule has 0 aliphatic rings. The van der Waals surface area contributed by atoms with Gasteiger partial charge in [-0.15, -0.1) is 0 Å². The topological polar surface area (TPSA) is 63.3 Å². The normalized spacial score (nSPS) is 10.1. The Balaban J connectivity index is 2.58. The molecule has 0 atom stereocenters. The Labute approximate surface area is 70.2 Å². The molecule has 0 aliphatic carbocycles. The van der Waals surface area contributed by atoms with E-state index in [1.165, 1.54) is 6.26 Å². The molecule has 12 heavy (non-hydrogen) atoms. The summed E-state index contributed by atoms with van der Waals surface area (Å²) in [7, 11) is 0. The van der Waals surface area contributed by atoms with Crippen molar-refractivity contribution in [1.82, 2.24) is 4.98 Å². The van der Waals surface area contributed by atoms with Gasteiger partial charge in [-0.3, -0.25) is 4.79 Å². The molecule has 0 aliphatic heterocycles. The Morgan fingerprint density at radius 3 is 3.08 bits per heavy atom. The number of aliphatic carboxylic acids is 1. The average Bonchev–Trinajstić information content (AvgIpc) is 2.36. The summed E-state index contributed by atoms with van der Waals surface area (Å²) in [6, 6.07) is 0. The van der Waals surface area contributed by atoms with Crippen molar-refractivity contribution in [3.8, 4) is 0 Å². The van der Waals surface area contributed by atoms with Crippen LogP contribution in [-0.2, 0) is 17.6 Å². The minimum absolute atomic E-state index is 0.0623. The largest absolute Gasteiger partial charge is 0.481 e. The molecule has 66 valence electrons. The van der Waals surface area contributed by atoms with Gasteiger partial charge >= 0.3 is 5.97 Å². The number of aryl methyl sites for hydroxylation is 1. The lowest BCUT2D eigenvalue weighted by Crippen LogP contribution is -2.00. The van der Waals surface area contributed by atoms with Crippen LogP contribution < -0.4 is 0 Å². The number of oxazole rings is 1. The fourth-order valence-corrected chi connectivity index (χ4v) is 0.914. The maximum atomic E-state index is 10.3. The van der Waals surface area contributed by atoms with E-state index in [1.807, 2.05) is 6.92 Å². The van der Waals surface area contributed by atoms with E-state index < -0.39 is 5.97 Å². The maximum absolute atomic E-state index is 10.3. The molecule has 1 rings (SSSR count). The molecule has 0 amide bonds. The highest BCUT2D eigenvalue weighted by Gasteiger charge is 2.06. The summed E-state index contributed by atoms with van der Waals surface area (Å²) in [5, 5.41) is 8.42. The van der Waals surface area contributed by atoms with Gasteiger partial charge in [-0.25, -0.2) is 4.98 Å². The molecule has 4 nitrogen and oxygen atoms in total. The van der Waals surface area contributed by atoms with Crippen LogP contribution in [0.25, 0.3) is 0 Å². The third-order valence-corrected chi connectivity index (χ3v) is 1.40. The minimum atomic E-state index is -0.883. The quantitative estimate of drug-likeness (QED) is 0.736. The summed E-state index contributed by atoms with van der Waals surface area (Å²) in [4.78, 5) is 14.2. The smallest absolute Gasteiger partial charge is 0.309 e. The Morgan fingerprint density at radius 1 is 1.75 bits per heavy atom. The second-order valence-corrected chi connectivity index (χ2v) is 2.55. The molecule has 0 fully saturated rings. The summed E-state index contributed by atoms with van der Waals surface area (Å²) >= 11 is 0. The van der Waals surface area contributed by atoms with Crippen LogP contribution >= 0.6 is 0 Å². The predicted molar refractivity (Wildman–Crippen MR) is 41.8 cm³/mol. The van der Waals surface area contributed by atoms with Crippen LogP contribution in [0.4, 0.5) is 0 Å². The number of carboxylic acids is 1. The molecule has 0 bridgehead atoms. The molecular weight excluding hydrogens is 158 g/mol. The van der Waals surface area contributed by atoms with Gasteiger partial charge in [-0.1, -0.05) is 6.92 Å². The first-order valence-electron chi connectivity index (χ1n) is 3.87. The molecule has 1 heterocycles. The molecule has 0 aromatic carbocycles. The van der Waals surface area contributed by atoms with E-state index in [0.29, 0.717) is 11.6 Å². The predicted octanol–water partition coefficient (Wildman–Crippen LogP) is 1.25. The number of hydrogen-bond donors (Lipinski definition) is 1. The van der Waals surface area contributed by atoms with Crippen molar-refractivity contribution in [2.24, 2.45) is 0 Å². The van der Waals surface area contributed by atoms with Gasteiger partial charge in [-0.2, -0.15) is 0 Å². The highest BCUT2D eigenvalue weighted by atomic mass is 16.4. The van der Waals surface area contributed by atoms with Crippen molar-refractivity contribution in [3.05, 3.63) is 17.8 Å². The third kappa shape index (κ3) is 2.38. The van der Waals surface area contributed by atoms with E-state index in [4.69, 9.17) is 9.52 Å². The fraction of sp³-hybridized carbons (Fsp3) is 0.500. The second kappa shape index (κ2) is 3.90. The van der Waals surface area contributed by atoms with E-state index >= 15 is 0 Å². The van der Waals surface area contributed by atoms with E-state index in [0.717, 1.165) is 12.8 Å². The SMILES string of the molecule is CCCc1nc(CC(=O)O)co1. The number of carboxylic acid groups (broad SMARTS) is 1. The number of hydrogen-bond acceptors (Lipinski definition) is 3. The molecule has 0 spiro atoms. The van der Waals surface area contributed by atoms with Gasteiger partial charge in [-0.05, 0) is 6.42 Å². The van der Waals surface area contributed by atoms with Gasteiger partial charge in [0.1, 0.15) is 6.26 Å². The first-order chi connectivity index (χ1) is 5.72. The summed E-state index contributed by atoms with van der Waals surface area (Å²) < 4.78 is 5.03. The van der Waals surface area contributed by atoms with E-state index in [1.54, 1.807) is 0 Å². The minimum Gasteiger partial charge on any atom is -0.481 e. The first-order valence-corrected chi connectivity index (χ1v) is 3.87. The Morgan fingerprint density at radius 2 is 2.50 bits per heavy atom. The van der Waals surface area contributed by atoms with Crippen molar-refractivity contribution in [2.45, 2.75) is 26.2 Å². The van der Waals surface area contributed by atoms with E-state index in [2.05, 4.69) is 4.98 Å². The Kier molecular flexibility index (Phi) is 2.85. The summed E-state index contributed by atoms with van der Waals surface area (Å²) in [5.41, 5.74) is 0.492. The zero-order valence-corrected chi connectivity index (χ0v) is 6.91. The highest BCUT2D eigenvalue weighted by molar-refractivity contribution is 5.69. The van der Waals surface area contributed by atoms with Gasteiger partial charge in [0, 0.05) is 6.42 Å². The highest BCUT2D eigenvalue weighted by Crippen LogP contribution is 2.04. The fourth-order valence-electron chi connectivity index (χ4n) is 0.914. The van der Waals surface area contributed by atoms with Crippen LogP contribution in [0, 0.1) is 0 Å². The van der Waals surface area contributed by atoms with E-state index in [-0.39, 0.29) is 6.42 Å². The zero-order chi connectivity index (χ0) is 8.97. The van der Waals surface area contributed by atoms with Crippen LogP contribution in [0.5, 0.6) is 0 Å². The van der Waals surface area contributed by atoms with Gasteiger partial charge in [0.05, 0.1) is 12.1 Å². The van der Waals surface area contributed by atoms with Crippen LogP contribution in [0.3, 0.4) is 0 Å². The molecule has 1 N–H and O–H groups in total. The zero-order valence-electron chi connectivity index (χ0n) is 6.91. The van der Waals surface area contributed by atoms with Gasteiger partial charge in [0.15, 0.2) is 5.89 Å². The molecule has 4 heteroatoms. The summed E-state index contributed by atoms with van der Waals surface area (Å²) in [6.07, 6.45) is 3.05. The number of rotatable bonds is 4. The Hall–Kier alpha value is -1.32. The third-order valence-electron chi connectivity index (χ3n) is 1.40. The summed E-state index contributed by atoms with van der Waals surface area (Å²) in [6.45, 7) is 2.01. The van der Waals surface area contributed by atoms with E-state index in [9.17, 15) is 4.79 Å². The van der Waals surface area contributed by atoms with Crippen molar-refractivity contribution in [1.29, 1.82) is 0 Å². The van der Waals surface area contributed by atoms with Crippen LogP contribution in [0.15, 0.2) is 10.7 Å². The Bertz CT molecular complexity index is 267. The van der Waals surface area contributed by atoms with Crippen LogP contribution in [0.2, 0.25) is 0 Å². The summed E-state index contributed by atoms with van der Waals surface area (Å²) in [5.74, 6) is -0.264.